The average molecular weight is 281 g/mol. The maximum absolute atomic E-state index is 12.0. The Balaban J connectivity index is 2.32. The largest absolute Gasteiger partial charge is 0.430 e. The molecule has 0 radical (unpaired) electrons. The van der Waals surface area contributed by atoms with Crippen molar-refractivity contribution in [3.8, 4) is 0 Å². The van der Waals surface area contributed by atoms with Gasteiger partial charge in [-0.2, -0.15) is 4.99 Å². The van der Waals surface area contributed by atoms with Crippen LogP contribution in [0.4, 0.5) is 4.79 Å². The zero-order valence-electron chi connectivity index (χ0n) is 11.1. The van der Waals surface area contributed by atoms with Crippen molar-refractivity contribution in [1.82, 2.24) is 0 Å². The minimum atomic E-state index is -0.730. The highest BCUT2D eigenvalue weighted by molar-refractivity contribution is 6.12. The van der Waals surface area contributed by atoms with Crippen molar-refractivity contribution in [3.05, 3.63) is 66.0 Å². The van der Waals surface area contributed by atoms with Crippen molar-refractivity contribution in [3.63, 3.8) is 0 Å². The number of aliphatic imine (C=N–C) groups is 1. The van der Waals surface area contributed by atoms with E-state index < -0.39 is 16.4 Å². The molecule has 2 aliphatic rings. The number of urea groups is 1. The second-order valence-corrected chi connectivity index (χ2v) is 4.66. The molecule has 4 N–H and O–H groups in total. The van der Waals surface area contributed by atoms with Gasteiger partial charge in [-0.05, 0) is 12.2 Å². The maximum Gasteiger partial charge on any atom is 0.430 e. The number of fused-ring (bicyclic) bond motifs is 1. The van der Waals surface area contributed by atoms with E-state index in [2.05, 4.69) is 4.99 Å². The molecule has 0 aliphatic carbocycles. The Kier molecular flexibility index (Phi) is 2.81. The molecule has 3 amide bonds. The molecule has 21 heavy (non-hydrogen) atoms. The second-order valence-electron chi connectivity index (χ2n) is 4.66. The van der Waals surface area contributed by atoms with Gasteiger partial charge >= 0.3 is 11.9 Å². The Morgan fingerprint density at radius 3 is 2.38 bits per heavy atom. The third kappa shape index (κ3) is 1.73. The fourth-order valence-electron chi connectivity index (χ4n) is 2.54. The van der Waals surface area contributed by atoms with Crippen molar-refractivity contribution in [1.29, 1.82) is 0 Å². The second kappa shape index (κ2) is 4.53. The summed E-state index contributed by atoms with van der Waals surface area (Å²) in [5.41, 5.74) is 12.2. The highest BCUT2D eigenvalue weighted by Gasteiger charge is 2.52. The van der Waals surface area contributed by atoms with E-state index in [-0.39, 0.29) is 5.70 Å². The number of hydrogen-bond donors (Lipinski definition) is 2. The lowest BCUT2D eigenvalue weighted by molar-refractivity contribution is -0.644. The third-order valence-electron chi connectivity index (χ3n) is 3.46. The summed E-state index contributed by atoms with van der Waals surface area (Å²) in [5, 5.41) is 0. The number of primary amides is 2. The van der Waals surface area contributed by atoms with Crippen LogP contribution in [0, 0.1) is 0 Å². The number of rotatable bonds is 2. The predicted octanol–water partition coefficient (Wildman–Crippen LogP) is 1.23. The molecular weight excluding hydrogens is 268 g/mol. The Morgan fingerprint density at radius 2 is 1.76 bits per heavy atom. The van der Waals surface area contributed by atoms with Gasteiger partial charge in [0.1, 0.15) is 11.9 Å². The molecule has 0 spiro atoms. The quantitative estimate of drug-likeness (QED) is 0.797. The molecule has 2 heterocycles. The van der Waals surface area contributed by atoms with Gasteiger partial charge in [-0.1, -0.05) is 30.3 Å². The molecule has 3 rings (SSSR count). The van der Waals surface area contributed by atoms with E-state index in [9.17, 15) is 9.59 Å². The first kappa shape index (κ1) is 13.0. The van der Waals surface area contributed by atoms with Gasteiger partial charge in [-0.15, -0.1) is 4.48 Å². The van der Waals surface area contributed by atoms with Gasteiger partial charge in [0.25, 0.3) is 0 Å². The molecule has 1 unspecified atom stereocenters. The van der Waals surface area contributed by atoms with Crippen LogP contribution in [0.1, 0.15) is 5.56 Å². The SMILES string of the molecule is NC(=O)C1=C(c2ccccc2)N=C2C=CC=C[N+]21C(N)=O. The van der Waals surface area contributed by atoms with E-state index in [1.165, 1.54) is 6.20 Å². The number of quaternary nitrogens is 1. The van der Waals surface area contributed by atoms with Crippen LogP contribution in [0.15, 0.2) is 65.4 Å². The average Bonchev–Trinajstić information content (AvgIpc) is 2.84. The summed E-state index contributed by atoms with van der Waals surface area (Å²) < 4.78 is -0.573. The van der Waals surface area contributed by atoms with Gasteiger partial charge in [0.05, 0.1) is 0 Å². The Morgan fingerprint density at radius 1 is 1.05 bits per heavy atom. The van der Waals surface area contributed by atoms with Crippen molar-refractivity contribution in [2.24, 2.45) is 16.5 Å². The maximum atomic E-state index is 12.0. The van der Waals surface area contributed by atoms with Crippen molar-refractivity contribution >= 4 is 23.5 Å². The molecular formula is C15H13N4O2+. The van der Waals surface area contributed by atoms with Gasteiger partial charge in [0.2, 0.25) is 11.5 Å². The van der Waals surface area contributed by atoms with Gasteiger partial charge in [0, 0.05) is 11.6 Å². The molecule has 2 aliphatic heterocycles. The van der Waals surface area contributed by atoms with Crippen LogP contribution in [0.25, 0.3) is 5.70 Å². The van der Waals surface area contributed by atoms with Gasteiger partial charge < -0.3 is 11.5 Å². The molecule has 1 aromatic rings. The zero-order valence-corrected chi connectivity index (χ0v) is 11.1. The molecule has 0 fully saturated rings. The Labute approximate surface area is 121 Å². The Bertz CT molecular complexity index is 759. The number of nitrogens with zero attached hydrogens (tertiary/aromatic N) is 2. The highest BCUT2D eigenvalue weighted by atomic mass is 16.2. The van der Waals surface area contributed by atoms with Crippen LogP contribution in [0.3, 0.4) is 0 Å². The van der Waals surface area contributed by atoms with E-state index >= 15 is 0 Å². The molecule has 0 saturated heterocycles. The number of nitrogens with two attached hydrogens (primary N) is 2. The highest BCUT2D eigenvalue weighted by Crippen LogP contribution is 2.37. The fraction of sp³-hybridized carbons (Fsp3) is 0. The summed E-state index contributed by atoms with van der Waals surface area (Å²) in [5.74, 6) is -0.371. The van der Waals surface area contributed by atoms with Gasteiger partial charge in [-0.25, -0.2) is 4.79 Å². The summed E-state index contributed by atoms with van der Waals surface area (Å²) in [6.45, 7) is 0. The molecule has 0 aromatic heterocycles. The number of allylic oxidation sites excluding steroid dienone is 2. The van der Waals surface area contributed by atoms with E-state index in [1.807, 2.05) is 18.2 Å². The van der Waals surface area contributed by atoms with Crippen molar-refractivity contribution in [2.75, 3.05) is 0 Å². The summed E-state index contributed by atoms with van der Waals surface area (Å²) >= 11 is 0. The lowest BCUT2D eigenvalue weighted by Gasteiger charge is -2.26. The van der Waals surface area contributed by atoms with Crippen molar-refractivity contribution in [2.45, 2.75) is 0 Å². The number of carbonyl (C=O) groups excluding carboxylic acids is 2. The zero-order chi connectivity index (χ0) is 15.0. The number of amides is 3. The summed E-state index contributed by atoms with van der Waals surface area (Å²) in [6, 6.07) is 8.35. The van der Waals surface area contributed by atoms with Crippen LogP contribution in [-0.4, -0.2) is 22.3 Å². The van der Waals surface area contributed by atoms with E-state index in [1.54, 1.807) is 30.4 Å². The molecule has 6 heteroatoms. The van der Waals surface area contributed by atoms with Crippen molar-refractivity contribution < 1.29 is 14.1 Å². The minimum Gasteiger partial charge on any atom is -0.361 e. The molecule has 0 saturated carbocycles. The van der Waals surface area contributed by atoms with Crippen LogP contribution < -0.4 is 11.5 Å². The lowest BCUT2D eigenvalue weighted by atomic mass is 10.1. The predicted molar refractivity (Wildman–Crippen MR) is 78.1 cm³/mol. The van der Waals surface area contributed by atoms with E-state index in [4.69, 9.17) is 11.5 Å². The number of hydrogen-bond acceptors (Lipinski definition) is 3. The first-order valence-electron chi connectivity index (χ1n) is 6.31. The van der Waals surface area contributed by atoms with Crippen LogP contribution >= 0.6 is 0 Å². The van der Waals surface area contributed by atoms with E-state index in [0.717, 1.165) is 0 Å². The Hall–Kier alpha value is -2.99. The smallest absolute Gasteiger partial charge is 0.361 e. The first-order chi connectivity index (χ1) is 10.1. The molecule has 6 nitrogen and oxygen atoms in total. The molecule has 1 atom stereocenters. The van der Waals surface area contributed by atoms with Gasteiger partial charge in [0.15, 0.2) is 0 Å². The normalized spacial score (nSPS) is 23.0. The summed E-state index contributed by atoms with van der Waals surface area (Å²) in [6.07, 6.45) is 6.52. The summed E-state index contributed by atoms with van der Waals surface area (Å²) in [7, 11) is 0. The summed E-state index contributed by atoms with van der Waals surface area (Å²) in [4.78, 5) is 28.4. The monoisotopic (exact) mass is 281 g/mol. The van der Waals surface area contributed by atoms with Crippen LogP contribution in [-0.2, 0) is 4.79 Å². The first-order valence-corrected chi connectivity index (χ1v) is 6.31. The molecule has 104 valence electrons. The van der Waals surface area contributed by atoms with E-state index in [0.29, 0.717) is 17.1 Å². The lowest BCUT2D eigenvalue weighted by Crippen LogP contribution is -2.55. The standard InChI is InChI=1S/C15H12N4O2/c16-14(20)13-12(10-6-2-1-3-7-10)18-11-8-4-5-9-19(11,13)15(17)21/h1-9H,(H3-,16,17,20,21)/p+1. The van der Waals surface area contributed by atoms with Gasteiger partial charge in [-0.3, -0.25) is 4.79 Å². The minimum absolute atomic E-state index is 0.0595. The number of amidine groups is 1. The third-order valence-corrected chi connectivity index (χ3v) is 3.46. The molecule has 0 bridgehead atoms. The van der Waals surface area contributed by atoms with Crippen LogP contribution in [0.2, 0.25) is 0 Å². The number of carbonyl (C=O) groups is 2. The number of benzene rings is 1. The topological polar surface area (TPSA) is 98.5 Å². The molecule has 1 aromatic carbocycles. The fourth-order valence-corrected chi connectivity index (χ4v) is 2.54. The van der Waals surface area contributed by atoms with Crippen LogP contribution in [0.5, 0.6) is 0 Å².